The number of carboxylic acid groups (broad SMARTS) is 1. The van der Waals surface area contributed by atoms with Gasteiger partial charge in [-0.25, -0.2) is 0 Å². The molecule has 0 amide bonds. The highest BCUT2D eigenvalue weighted by atomic mass is 16.6. The number of aliphatic carboxylic acids is 1. The highest BCUT2D eigenvalue weighted by Gasteiger charge is 2.38. The molecule has 4 N–H and O–H groups in total. The molecule has 14 nitrogen and oxygen atoms in total. The average molecular weight is 857 g/mol. The van der Waals surface area contributed by atoms with Gasteiger partial charge in [-0.1, -0.05) is 74.5 Å². The number of ether oxygens (including phenoxy) is 4. The van der Waals surface area contributed by atoms with E-state index in [1.165, 1.54) is 27.7 Å². The number of hydrogen-bond donors (Lipinski definition) is 4. The van der Waals surface area contributed by atoms with Crippen molar-refractivity contribution in [3.8, 4) is 11.5 Å². The van der Waals surface area contributed by atoms with Crippen LogP contribution in [0.1, 0.15) is 98.1 Å². The molecule has 4 aromatic rings. The number of aliphatic hydroxyl groups excluding tert-OH is 1. The van der Waals surface area contributed by atoms with Gasteiger partial charge in [-0.05, 0) is 99.2 Å². The van der Waals surface area contributed by atoms with Crippen LogP contribution in [0.3, 0.4) is 0 Å². The lowest BCUT2D eigenvalue weighted by Crippen LogP contribution is -2.31. The van der Waals surface area contributed by atoms with Crippen LogP contribution in [0.4, 0.5) is 0 Å². The van der Waals surface area contributed by atoms with Gasteiger partial charge in [0.1, 0.15) is 42.5 Å². The molecule has 0 spiro atoms. The molecule has 1 fully saturated rings. The highest BCUT2D eigenvalue weighted by molar-refractivity contribution is 6.02. The smallest absolute Gasteiger partial charge is 0.317 e. The monoisotopic (exact) mass is 856 g/mol. The summed E-state index contributed by atoms with van der Waals surface area (Å²) in [4.78, 5) is 69.7. The third-order valence-electron chi connectivity index (χ3n) is 9.76. The van der Waals surface area contributed by atoms with Crippen molar-refractivity contribution in [2.24, 2.45) is 11.8 Å². The van der Waals surface area contributed by atoms with Crippen molar-refractivity contribution in [2.45, 2.75) is 77.4 Å². The Hall–Kier alpha value is -6.22. The molecule has 4 aromatic carbocycles. The first-order valence-electron chi connectivity index (χ1n) is 20.1. The number of carbonyl (C=O) groups is 6. The normalized spacial score (nSPS) is 15.0. The van der Waals surface area contributed by atoms with Gasteiger partial charge < -0.3 is 39.4 Å². The lowest BCUT2D eigenvalue weighted by molar-refractivity contribution is -0.154. The first kappa shape index (κ1) is 50.1. The second-order valence-corrected chi connectivity index (χ2v) is 15.6. The molecule has 1 aliphatic rings. The van der Waals surface area contributed by atoms with Crippen molar-refractivity contribution in [2.75, 3.05) is 26.4 Å². The Kier molecular flexibility index (Phi) is 19.2. The van der Waals surface area contributed by atoms with Gasteiger partial charge in [0.05, 0.1) is 31.3 Å². The SMILES string of the molecule is CC(C)(O)C(=O)c1ccc(OCCO)cc1.CC(c1ccccc1)C(CC(=O)O)C(=O)OCCOc1ccc(C(=O)C(C)(C)O)cc1.CC(c1ccccc1)C1CC(=O)OC1=O. The number of cyclic esters (lactones) is 2. The van der Waals surface area contributed by atoms with Gasteiger partial charge in [0.15, 0.2) is 11.6 Å². The summed E-state index contributed by atoms with van der Waals surface area (Å²) < 4.78 is 20.5. The molecule has 4 unspecified atom stereocenters. The van der Waals surface area contributed by atoms with Gasteiger partial charge >= 0.3 is 23.9 Å². The Balaban J connectivity index is 0.000000275. The zero-order valence-electron chi connectivity index (χ0n) is 35.8. The molecular formula is C48H56O14. The summed E-state index contributed by atoms with van der Waals surface area (Å²) >= 11 is 0. The number of carboxylic acids is 1. The van der Waals surface area contributed by atoms with Crippen LogP contribution < -0.4 is 9.47 Å². The van der Waals surface area contributed by atoms with Crippen LogP contribution in [0, 0.1) is 11.8 Å². The first-order chi connectivity index (χ1) is 29.2. The molecule has 1 heterocycles. The van der Waals surface area contributed by atoms with Gasteiger partial charge in [0.2, 0.25) is 0 Å². The largest absolute Gasteiger partial charge is 0.491 e. The maximum atomic E-state index is 12.5. The van der Waals surface area contributed by atoms with Gasteiger partial charge in [-0.3, -0.25) is 28.8 Å². The third-order valence-corrected chi connectivity index (χ3v) is 9.76. The Morgan fingerprint density at radius 3 is 1.53 bits per heavy atom. The molecule has 332 valence electrons. The molecule has 1 aliphatic heterocycles. The molecule has 1 saturated heterocycles. The van der Waals surface area contributed by atoms with E-state index >= 15 is 0 Å². The second-order valence-electron chi connectivity index (χ2n) is 15.6. The number of rotatable bonds is 18. The Morgan fingerprint density at radius 1 is 0.677 bits per heavy atom. The van der Waals surface area contributed by atoms with Gasteiger partial charge in [-0.15, -0.1) is 0 Å². The average Bonchev–Trinajstić information content (AvgIpc) is 3.60. The van der Waals surface area contributed by atoms with E-state index in [0.29, 0.717) is 22.6 Å². The van der Waals surface area contributed by atoms with Crippen LogP contribution in [0.25, 0.3) is 0 Å². The van der Waals surface area contributed by atoms with Crippen LogP contribution in [0.5, 0.6) is 11.5 Å². The number of hydrogen-bond acceptors (Lipinski definition) is 13. The maximum absolute atomic E-state index is 12.5. The molecule has 62 heavy (non-hydrogen) atoms. The molecule has 0 aromatic heterocycles. The summed E-state index contributed by atoms with van der Waals surface area (Å²) in [5, 5.41) is 37.1. The molecule has 0 saturated carbocycles. The van der Waals surface area contributed by atoms with Gasteiger partial charge in [0, 0.05) is 11.1 Å². The molecule has 14 heteroatoms. The first-order valence-corrected chi connectivity index (χ1v) is 20.1. The van der Waals surface area contributed by atoms with Gasteiger partial charge in [0.25, 0.3) is 0 Å². The minimum absolute atomic E-state index is 0.0325. The quantitative estimate of drug-likeness (QED) is 0.0371. The molecular weight excluding hydrogens is 801 g/mol. The van der Waals surface area contributed by atoms with Crippen LogP contribution in [0.2, 0.25) is 0 Å². The van der Waals surface area contributed by atoms with E-state index in [-0.39, 0.29) is 62.8 Å². The van der Waals surface area contributed by atoms with Crippen molar-refractivity contribution in [3.05, 3.63) is 131 Å². The lowest BCUT2D eigenvalue weighted by Gasteiger charge is -2.21. The zero-order valence-corrected chi connectivity index (χ0v) is 35.8. The fourth-order valence-electron chi connectivity index (χ4n) is 6.19. The van der Waals surface area contributed by atoms with E-state index in [0.717, 1.165) is 11.1 Å². The molecule has 0 radical (unpaired) electrons. The number of esters is 3. The Labute approximate surface area is 361 Å². The minimum Gasteiger partial charge on any atom is -0.491 e. The maximum Gasteiger partial charge on any atom is 0.317 e. The van der Waals surface area contributed by atoms with E-state index in [2.05, 4.69) is 4.74 Å². The standard InChI is InChI=1S/C24H28O7.C12H16O4.C12H12O3/c1-16(17-7-5-4-6-8-17)20(15-21(25)26)23(28)31-14-13-30-19-11-9-18(10-12-19)22(27)24(2,3)29;1-12(2,15)11(14)9-3-5-10(6-4-9)16-8-7-13;1-8(9-5-3-2-4-6-9)10-7-11(13)15-12(10)14/h4-12,16,20,29H,13-15H2,1-3H3,(H,25,26);3-6,13,15H,7-8H2,1-2H3;2-6,8,10H,7H2,1H3. The van der Waals surface area contributed by atoms with Crippen LogP contribution in [0.15, 0.2) is 109 Å². The molecule has 0 bridgehead atoms. The Bertz CT molecular complexity index is 2070. The molecule has 4 atom stereocenters. The molecule has 0 aliphatic carbocycles. The topological polar surface area (TPSA) is 220 Å². The second kappa shape index (κ2) is 23.7. The summed E-state index contributed by atoms with van der Waals surface area (Å²) in [5.74, 6) is -3.54. The Morgan fingerprint density at radius 2 is 1.13 bits per heavy atom. The molecule has 5 rings (SSSR count). The van der Waals surface area contributed by atoms with Crippen LogP contribution in [-0.2, 0) is 28.7 Å². The summed E-state index contributed by atoms with van der Waals surface area (Å²) in [6.07, 6.45) is -0.124. The minimum atomic E-state index is -1.46. The number of benzene rings is 4. The van der Waals surface area contributed by atoms with Crippen LogP contribution >= 0.6 is 0 Å². The number of aliphatic hydroxyl groups is 3. The summed E-state index contributed by atoms with van der Waals surface area (Å²) in [5.41, 5.74) is -0.105. The summed E-state index contributed by atoms with van der Waals surface area (Å²) in [7, 11) is 0. The fraction of sp³-hybridized carbons (Fsp3) is 0.375. The number of Topliss-reactive ketones (excluding diaryl/α,β-unsaturated/α-hetero) is 2. The van der Waals surface area contributed by atoms with Crippen molar-refractivity contribution in [1.82, 2.24) is 0 Å². The third kappa shape index (κ3) is 16.0. The van der Waals surface area contributed by atoms with E-state index in [1.807, 2.05) is 67.6 Å². The van der Waals surface area contributed by atoms with Crippen molar-refractivity contribution >= 4 is 35.4 Å². The van der Waals surface area contributed by atoms with Crippen molar-refractivity contribution in [3.63, 3.8) is 0 Å². The lowest BCUT2D eigenvalue weighted by atomic mass is 9.85. The van der Waals surface area contributed by atoms with Crippen LogP contribution in [-0.4, -0.2) is 93.5 Å². The predicted octanol–water partition coefficient (Wildman–Crippen LogP) is 6.35. The highest BCUT2D eigenvalue weighted by Crippen LogP contribution is 2.32. The van der Waals surface area contributed by atoms with E-state index in [4.69, 9.17) is 19.3 Å². The van der Waals surface area contributed by atoms with E-state index < -0.39 is 46.8 Å². The number of ketones is 2. The number of carbonyl (C=O) groups excluding carboxylic acids is 5. The van der Waals surface area contributed by atoms with E-state index in [9.17, 15) is 44.1 Å². The predicted molar refractivity (Wildman–Crippen MR) is 228 cm³/mol. The van der Waals surface area contributed by atoms with Crippen molar-refractivity contribution in [1.29, 1.82) is 0 Å². The summed E-state index contributed by atoms with van der Waals surface area (Å²) in [6.45, 7) is 9.69. The summed E-state index contributed by atoms with van der Waals surface area (Å²) in [6, 6.07) is 31.6. The van der Waals surface area contributed by atoms with Crippen molar-refractivity contribution < 1.29 is 68.1 Å². The zero-order chi connectivity index (χ0) is 46.0. The van der Waals surface area contributed by atoms with E-state index in [1.54, 1.807) is 55.5 Å². The fourth-order valence-corrected chi connectivity index (χ4v) is 6.19. The van der Waals surface area contributed by atoms with Gasteiger partial charge in [-0.2, -0.15) is 0 Å².